The van der Waals surface area contributed by atoms with Gasteiger partial charge in [0.15, 0.2) is 6.29 Å². The van der Waals surface area contributed by atoms with Crippen molar-refractivity contribution in [2.75, 3.05) is 18.5 Å². The molecule has 1 aromatic carbocycles. The number of halogens is 1. The number of aldehydes is 1. The highest BCUT2D eigenvalue weighted by molar-refractivity contribution is 6.12. The second-order valence-corrected chi connectivity index (χ2v) is 5.73. The van der Waals surface area contributed by atoms with Gasteiger partial charge in [0.2, 0.25) is 0 Å². The van der Waals surface area contributed by atoms with Gasteiger partial charge < -0.3 is 10.1 Å². The fourth-order valence-corrected chi connectivity index (χ4v) is 2.71. The monoisotopic (exact) mass is 327 g/mol. The van der Waals surface area contributed by atoms with Crippen molar-refractivity contribution in [3.8, 4) is 0 Å². The number of aromatic nitrogens is 1. The number of nitrogens with one attached hydrogen (secondary N) is 2. The van der Waals surface area contributed by atoms with Crippen LogP contribution >= 0.6 is 0 Å². The number of nitrogens with zero attached hydrogens (tertiary/aromatic N) is 1. The zero-order valence-electron chi connectivity index (χ0n) is 13.1. The van der Waals surface area contributed by atoms with Crippen LogP contribution in [-0.2, 0) is 4.74 Å². The average Bonchev–Trinajstić information content (AvgIpc) is 2.62. The summed E-state index contributed by atoms with van der Waals surface area (Å²) in [6, 6.07) is 7.61. The lowest BCUT2D eigenvalue weighted by Crippen LogP contribution is -2.31. The minimum absolute atomic E-state index is 0.0986. The number of pyridine rings is 1. The van der Waals surface area contributed by atoms with E-state index < -0.39 is 5.82 Å². The Bertz CT molecular complexity index is 758. The fraction of sp³-hybridized carbons (Fsp3) is 0.278. The van der Waals surface area contributed by atoms with Gasteiger partial charge in [-0.1, -0.05) is 12.1 Å². The molecule has 0 aliphatic carbocycles. The maximum Gasteiger partial charge on any atom is 0.151 e. The molecule has 124 valence electrons. The summed E-state index contributed by atoms with van der Waals surface area (Å²) in [6.07, 6.45) is 4.02. The minimum Gasteiger partial charge on any atom is -0.379 e. The van der Waals surface area contributed by atoms with Gasteiger partial charge in [0.25, 0.3) is 0 Å². The quantitative estimate of drug-likeness (QED) is 0.654. The van der Waals surface area contributed by atoms with Crippen molar-refractivity contribution in [3.63, 3.8) is 0 Å². The molecule has 1 aliphatic heterocycles. The second kappa shape index (κ2) is 7.31. The third kappa shape index (κ3) is 3.65. The standard InChI is InChI=1S/C18H18FN3O2/c19-14-4-1-3-13(8-14)17(20)18-16(7-12(10-23)9-21-18)22-15-5-2-6-24-11-15/h1,3-4,7-10,15,20,22H,2,5-6,11H2. The lowest BCUT2D eigenvalue weighted by Gasteiger charge is -2.25. The van der Waals surface area contributed by atoms with E-state index in [0.29, 0.717) is 35.4 Å². The first-order valence-corrected chi connectivity index (χ1v) is 7.82. The first kappa shape index (κ1) is 16.3. The molecule has 6 heteroatoms. The van der Waals surface area contributed by atoms with Crippen LogP contribution in [0.5, 0.6) is 0 Å². The van der Waals surface area contributed by atoms with Gasteiger partial charge in [-0.15, -0.1) is 0 Å². The first-order chi connectivity index (χ1) is 11.7. The number of carbonyl (C=O) groups excluding carboxylic acids is 1. The van der Waals surface area contributed by atoms with Crippen molar-refractivity contribution < 1.29 is 13.9 Å². The first-order valence-electron chi connectivity index (χ1n) is 7.82. The Morgan fingerprint density at radius 2 is 2.29 bits per heavy atom. The van der Waals surface area contributed by atoms with Crippen molar-refractivity contribution in [2.45, 2.75) is 18.9 Å². The van der Waals surface area contributed by atoms with E-state index in [9.17, 15) is 9.18 Å². The number of hydrogen-bond donors (Lipinski definition) is 2. The summed E-state index contributed by atoms with van der Waals surface area (Å²) in [7, 11) is 0. The molecule has 1 atom stereocenters. The molecule has 2 aromatic rings. The predicted octanol–water partition coefficient (Wildman–Crippen LogP) is 3.04. The highest BCUT2D eigenvalue weighted by Gasteiger charge is 2.18. The topological polar surface area (TPSA) is 75.1 Å². The number of benzene rings is 1. The number of rotatable bonds is 5. The normalized spacial score (nSPS) is 17.3. The van der Waals surface area contributed by atoms with Gasteiger partial charge in [-0.05, 0) is 31.0 Å². The van der Waals surface area contributed by atoms with Gasteiger partial charge in [0.1, 0.15) is 11.5 Å². The van der Waals surface area contributed by atoms with E-state index in [1.165, 1.54) is 18.3 Å². The molecule has 0 saturated carbocycles. The molecule has 3 rings (SSSR count). The van der Waals surface area contributed by atoms with Crippen molar-refractivity contribution in [1.82, 2.24) is 4.98 Å². The average molecular weight is 327 g/mol. The summed E-state index contributed by atoms with van der Waals surface area (Å²) in [5, 5.41) is 11.7. The van der Waals surface area contributed by atoms with E-state index in [1.54, 1.807) is 18.2 Å². The summed E-state index contributed by atoms with van der Waals surface area (Å²) in [6.45, 7) is 1.31. The van der Waals surface area contributed by atoms with Crippen molar-refractivity contribution >= 4 is 17.7 Å². The van der Waals surface area contributed by atoms with Crippen molar-refractivity contribution in [3.05, 3.63) is 59.2 Å². The molecule has 0 bridgehead atoms. The fourth-order valence-electron chi connectivity index (χ4n) is 2.71. The van der Waals surface area contributed by atoms with Gasteiger partial charge in [0.05, 0.1) is 18.0 Å². The lowest BCUT2D eigenvalue weighted by atomic mass is 10.0. The molecule has 5 nitrogen and oxygen atoms in total. The molecule has 0 spiro atoms. The number of hydrogen-bond acceptors (Lipinski definition) is 5. The number of carbonyl (C=O) groups is 1. The van der Waals surface area contributed by atoms with Gasteiger partial charge in [0, 0.05) is 30.0 Å². The third-order valence-electron chi connectivity index (χ3n) is 3.91. The van der Waals surface area contributed by atoms with Crippen LogP contribution in [0.4, 0.5) is 10.1 Å². The van der Waals surface area contributed by atoms with Crippen molar-refractivity contribution in [2.24, 2.45) is 0 Å². The molecule has 2 heterocycles. The van der Waals surface area contributed by atoms with E-state index in [0.717, 1.165) is 19.4 Å². The van der Waals surface area contributed by atoms with Crippen LogP contribution in [0.3, 0.4) is 0 Å². The van der Waals surface area contributed by atoms with E-state index in [2.05, 4.69) is 10.3 Å². The Hall–Kier alpha value is -2.60. The summed E-state index contributed by atoms with van der Waals surface area (Å²) in [5.41, 5.74) is 1.93. The molecule has 1 saturated heterocycles. The highest BCUT2D eigenvalue weighted by atomic mass is 19.1. The Labute approximate surface area is 139 Å². The molecule has 2 N–H and O–H groups in total. The molecular formula is C18H18FN3O2. The molecule has 1 fully saturated rings. The number of ether oxygens (including phenoxy) is 1. The van der Waals surface area contributed by atoms with Gasteiger partial charge >= 0.3 is 0 Å². The Morgan fingerprint density at radius 1 is 1.42 bits per heavy atom. The largest absolute Gasteiger partial charge is 0.379 e. The van der Waals surface area contributed by atoms with Crippen molar-refractivity contribution in [1.29, 1.82) is 5.41 Å². The zero-order chi connectivity index (χ0) is 16.9. The third-order valence-corrected chi connectivity index (χ3v) is 3.91. The summed E-state index contributed by atoms with van der Waals surface area (Å²) >= 11 is 0. The zero-order valence-corrected chi connectivity index (χ0v) is 13.1. The van der Waals surface area contributed by atoms with Crippen LogP contribution in [0.15, 0.2) is 36.5 Å². The summed E-state index contributed by atoms with van der Waals surface area (Å²) in [5.74, 6) is -0.406. The van der Waals surface area contributed by atoms with Crippen LogP contribution < -0.4 is 5.32 Å². The molecule has 1 aliphatic rings. The maximum atomic E-state index is 13.4. The summed E-state index contributed by atoms with van der Waals surface area (Å²) in [4.78, 5) is 15.3. The van der Waals surface area contributed by atoms with Crippen LogP contribution in [-0.4, -0.2) is 36.2 Å². The smallest absolute Gasteiger partial charge is 0.151 e. The van der Waals surface area contributed by atoms with E-state index in [4.69, 9.17) is 10.1 Å². The SMILES string of the molecule is N=C(c1cccc(F)c1)c1ncc(C=O)cc1NC1CCCOC1. The Balaban J connectivity index is 1.93. The van der Waals surface area contributed by atoms with Crippen LogP contribution in [0.25, 0.3) is 0 Å². The van der Waals surface area contributed by atoms with E-state index in [1.807, 2.05) is 0 Å². The molecule has 1 unspecified atom stereocenters. The van der Waals surface area contributed by atoms with Crippen LogP contribution in [0, 0.1) is 11.2 Å². The Morgan fingerprint density at radius 3 is 3.00 bits per heavy atom. The highest BCUT2D eigenvalue weighted by Crippen LogP contribution is 2.22. The van der Waals surface area contributed by atoms with Gasteiger partial charge in [-0.3, -0.25) is 15.2 Å². The van der Waals surface area contributed by atoms with Crippen LogP contribution in [0.1, 0.15) is 34.5 Å². The molecular weight excluding hydrogens is 309 g/mol. The minimum atomic E-state index is -0.406. The molecule has 0 radical (unpaired) electrons. The maximum absolute atomic E-state index is 13.4. The molecule has 24 heavy (non-hydrogen) atoms. The number of anilines is 1. The second-order valence-electron chi connectivity index (χ2n) is 5.73. The van der Waals surface area contributed by atoms with E-state index in [-0.39, 0.29) is 11.8 Å². The van der Waals surface area contributed by atoms with Crippen LogP contribution in [0.2, 0.25) is 0 Å². The van der Waals surface area contributed by atoms with Gasteiger partial charge in [-0.25, -0.2) is 4.39 Å². The molecule has 0 amide bonds. The van der Waals surface area contributed by atoms with E-state index >= 15 is 0 Å². The lowest BCUT2D eigenvalue weighted by molar-refractivity contribution is 0.0876. The summed E-state index contributed by atoms with van der Waals surface area (Å²) < 4.78 is 18.9. The molecule has 1 aromatic heterocycles. The Kier molecular flexibility index (Phi) is 4.96. The van der Waals surface area contributed by atoms with Gasteiger partial charge in [-0.2, -0.15) is 0 Å². The predicted molar refractivity (Wildman–Crippen MR) is 89.4 cm³/mol.